The molecule has 1 saturated heterocycles. The van der Waals surface area contributed by atoms with E-state index in [1.54, 1.807) is 25.1 Å². The van der Waals surface area contributed by atoms with Gasteiger partial charge in [0.05, 0.1) is 0 Å². The molecule has 6 heteroatoms. The Morgan fingerprint density at radius 1 is 1.43 bits per heavy atom. The van der Waals surface area contributed by atoms with Crippen LogP contribution in [0.2, 0.25) is 0 Å². The standard InChI is InChI=1S/C15H20F2N2O2/c1-10-2-3-12(8-13(10)21-9-14(16)17)19-15(20)11-4-6-18-7-5-11/h2-3,8,11,14,18H,4-7,9H2,1H3,(H,19,20). The summed E-state index contributed by atoms with van der Waals surface area (Å²) >= 11 is 0. The van der Waals surface area contributed by atoms with Crippen LogP contribution in [-0.4, -0.2) is 32.0 Å². The lowest BCUT2D eigenvalue weighted by molar-refractivity contribution is -0.120. The van der Waals surface area contributed by atoms with E-state index < -0.39 is 13.0 Å². The minimum atomic E-state index is -2.52. The van der Waals surface area contributed by atoms with Crippen molar-refractivity contribution in [2.75, 3.05) is 25.0 Å². The summed E-state index contributed by atoms with van der Waals surface area (Å²) in [5.41, 5.74) is 1.34. The SMILES string of the molecule is Cc1ccc(NC(=O)C2CCNCC2)cc1OCC(F)F. The number of ether oxygens (including phenoxy) is 1. The summed E-state index contributed by atoms with van der Waals surface area (Å²) in [6.45, 7) is 2.81. The summed E-state index contributed by atoms with van der Waals surface area (Å²) in [4.78, 5) is 12.1. The van der Waals surface area contributed by atoms with E-state index in [0.29, 0.717) is 11.4 Å². The maximum atomic E-state index is 12.2. The smallest absolute Gasteiger partial charge is 0.272 e. The van der Waals surface area contributed by atoms with Crippen LogP contribution in [0.1, 0.15) is 18.4 Å². The third-order valence-corrected chi connectivity index (χ3v) is 3.53. The maximum Gasteiger partial charge on any atom is 0.272 e. The molecule has 0 atom stereocenters. The number of anilines is 1. The molecule has 0 radical (unpaired) electrons. The summed E-state index contributed by atoms with van der Waals surface area (Å²) in [6, 6.07) is 5.10. The molecule has 1 aromatic carbocycles. The number of amides is 1. The first-order valence-electron chi connectivity index (χ1n) is 7.09. The molecule has 21 heavy (non-hydrogen) atoms. The fourth-order valence-corrected chi connectivity index (χ4v) is 2.31. The van der Waals surface area contributed by atoms with Crippen molar-refractivity contribution in [2.45, 2.75) is 26.2 Å². The number of halogens is 2. The van der Waals surface area contributed by atoms with Gasteiger partial charge in [0.15, 0.2) is 0 Å². The summed E-state index contributed by atoms with van der Waals surface area (Å²) in [7, 11) is 0. The number of alkyl halides is 2. The molecule has 0 aromatic heterocycles. The number of rotatable bonds is 5. The van der Waals surface area contributed by atoms with Crippen LogP contribution < -0.4 is 15.4 Å². The molecule has 0 bridgehead atoms. The van der Waals surface area contributed by atoms with Gasteiger partial charge in [-0.05, 0) is 44.5 Å². The van der Waals surface area contributed by atoms with Gasteiger partial charge in [-0.25, -0.2) is 8.78 Å². The lowest BCUT2D eigenvalue weighted by atomic mass is 9.97. The molecule has 0 spiro atoms. The second-order valence-corrected chi connectivity index (χ2v) is 5.20. The van der Waals surface area contributed by atoms with Gasteiger partial charge < -0.3 is 15.4 Å². The zero-order valence-corrected chi connectivity index (χ0v) is 12.0. The maximum absolute atomic E-state index is 12.2. The van der Waals surface area contributed by atoms with Crippen LogP contribution in [0.4, 0.5) is 14.5 Å². The Balaban J connectivity index is 1.99. The highest BCUT2D eigenvalue weighted by atomic mass is 19.3. The van der Waals surface area contributed by atoms with Gasteiger partial charge in [0, 0.05) is 17.7 Å². The van der Waals surface area contributed by atoms with E-state index >= 15 is 0 Å². The highest BCUT2D eigenvalue weighted by Crippen LogP contribution is 2.24. The Bertz CT molecular complexity index is 489. The Hall–Kier alpha value is -1.69. The summed E-state index contributed by atoms with van der Waals surface area (Å²) in [5, 5.41) is 6.04. The van der Waals surface area contributed by atoms with Crippen molar-refractivity contribution in [1.82, 2.24) is 5.32 Å². The number of carbonyl (C=O) groups excluding carboxylic acids is 1. The third kappa shape index (κ3) is 4.67. The Morgan fingerprint density at radius 2 is 2.14 bits per heavy atom. The van der Waals surface area contributed by atoms with E-state index in [-0.39, 0.29) is 11.8 Å². The average molecular weight is 298 g/mol. The molecular formula is C15H20F2N2O2. The normalized spacial score (nSPS) is 16.0. The molecule has 0 unspecified atom stereocenters. The van der Waals surface area contributed by atoms with Crippen molar-refractivity contribution < 1.29 is 18.3 Å². The van der Waals surface area contributed by atoms with E-state index in [1.165, 1.54) is 0 Å². The van der Waals surface area contributed by atoms with Crippen LogP contribution in [0, 0.1) is 12.8 Å². The fraction of sp³-hybridized carbons (Fsp3) is 0.533. The van der Waals surface area contributed by atoms with Crippen LogP contribution in [0.15, 0.2) is 18.2 Å². The predicted octanol–water partition coefficient (Wildman–Crippen LogP) is 2.58. The van der Waals surface area contributed by atoms with Gasteiger partial charge >= 0.3 is 0 Å². The van der Waals surface area contributed by atoms with E-state index in [0.717, 1.165) is 31.5 Å². The molecular weight excluding hydrogens is 278 g/mol. The number of benzene rings is 1. The molecule has 0 saturated carbocycles. The topological polar surface area (TPSA) is 50.4 Å². The number of hydrogen-bond acceptors (Lipinski definition) is 3. The van der Waals surface area contributed by atoms with Crippen molar-refractivity contribution in [2.24, 2.45) is 5.92 Å². The second-order valence-electron chi connectivity index (χ2n) is 5.20. The van der Waals surface area contributed by atoms with Crippen LogP contribution in [-0.2, 0) is 4.79 Å². The first-order valence-corrected chi connectivity index (χ1v) is 7.09. The van der Waals surface area contributed by atoms with Gasteiger partial charge in [-0.15, -0.1) is 0 Å². The van der Waals surface area contributed by atoms with Gasteiger partial charge in [-0.2, -0.15) is 0 Å². The lowest BCUT2D eigenvalue weighted by Gasteiger charge is -2.22. The van der Waals surface area contributed by atoms with Gasteiger partial charge in [0.25, 0.3) is 6.43 Å². The summed E-state index contributed by atoms with van der Waals surface area (Å²) < 4.78 is 29.5. The van der Waals surface area contributed by atoms with Crippen molar-refractivity contribution in [3.8, 4) is 5.75 Å². The Kier molecular flexibility index (Phi) is 5.50. The van der Waals surface area contributed by atoms with Crippen LogP contribution in [0.5, 0.6) is 5.75 Å². The van der Waals surface area contributed by atoms with Crippen LogP contribution in [0.3, 0.4) is 0 Å². The molecule has 1 fully saturated rings. The molecule has 2 rings (SSSR count). The first kappa shape index (κ1) is 15.7. The average Bonchev–Trinajstić information content (AvgIpc) is 2.48. The zero-order valence-electron chi connectivity index (χ0n) is 12.0. The van der Waals surface area contributed by atoms with Gasteiger partial charge in [-0.3, -0.25) is 4.79 Å². The van der Waals surface area contributed by atoms with E-state index in [9.17, 15) is 13.6 Å². The molecule has 1 heterocycles. The molecule has 2 N–H and O–H groups in total. The number of nitrogens with one attached hydrogen (secondary N) is 2. The minimum Gasteiger partial charge on any atom is -0.487 e. The second kappa shape index (κ2) is 7.36. The number of aryl methyl sites for hydroxylation is 1. The van der Waals surface area contributed by atoms with Crippen molar-refractivity contribution in [1.29, 1.82) is 0 Å². The molecule has 116 valence electrons. The number of piperidine rings is 1. The summed E-state index contributed by atoms with van der Waals surface area (Å²) in [6.07, 6.45) is -0.892. The van der Waals surface area contributed by atoms with Crippen LogP contribution >= 0.6 is 0 Å². The number of hydrogen-bond donors (Lipinski definition) is 2. The quantitative estimate of drug-likeness (QED) is 0.878. The number of carbonyl (C=O) groups is 1. The highest BCUT2D eigenvalue weighted by molar-refractivity contribution is 5.92. The summed E-state index contributed by atoms with van der Waals surface area (Å²) in [5.74, 6) is 0.344. The lowest BCUT2D eigenvalue weighted by Crippen LogP contribution is -2.34. The molecule has 1 aliphatic rings. The first-order chi connectivity index (χ1) is 10.1. The monoisotopic (exact) mass is 298 g/mol. The third-order valence-electron chi connectivity index (χ3n) is 3.53. The fourth-order valence-electron chi connectivity index (χ4n) is 2.31. The van der Waals surface area contributed by atoms with E-state index in [1.807, 2.05) is 0 Å². The highest BCUT2D eigenvalue weighted by Gasteiger charge is 2.21. The van der Waals surface area contributed by atoms with Crippen molar-refractivity contribution in [3.63, 3.8) is 0 Å². The predicted molar refractivity (Wildman–Crippen MR) is 76.9 cm³/mol. The molecule has 4 nitrogen and oxygen atoms in total. The van der Waals surface area contributed by atoms with E-state index in [4.69, 9.17) is 4.74 Å². The largest absolute Gasteiger partial charge is 0.487 e. The molecule has 1 aromatic rings. The van der Waals surface area contributed by atoms with Gasteiger partial charge in [0.2, 0.25) is 5.91 Å². The van der Waals surface area contributed by atoms with Gasteiger partial charge in [0.1, 0.15) is 12.4 Å². The molecule has 1 aliphatic heterocycles. The van der Waals surface area contributed by atoms with Crippen molar-refractivity contribution in [3.05, 3.63) is 23.8 Å². The zero-order chi connectivity index (χ0) is 15.2. The van der Waals surface area contributed by atoms with Gasteiger partial charge in [-0.1, -0.05) is 6.07 Å². The molecule has 1 amide bonds. The Morgan fingerprint density at radius 3 is 2.81 bits per heavy atom. The van der Waals surface area contributed by atoms with Crippen molar-refractivity contribution >= 4 is 11.6 Å². The molecule has 0 aliphatic carbocycles. The minimum absolute atomic E-state index is 0.00187. The Labute approximate surface area is 122 Å². The van der Waals surface area contributed by atoms with Crippen LogP contribution in [0.25, 0.3) is 0 Å². The van der Waals surface area contributed by atoms with E-state index in [2.05, 4.69) is 10.6 Å².